The molecular formula is C15H27NO4. The molecule has 1 amide bonds. The van der Waals surface area contributed by atoms with Crippen LogP contribution in [0.25, 0.3) is 0 Å². The monoisotopic (exact) mass is 285 g/mol. The predicted octanol–water partition coefficient (Wildman–Crippen LogP) is 1.67. The Morgan fingerprint density at radius 3 is 2.75 bits per heavy atom. The van der Waals surface area contributed by atoms with Crippen LogP contribution in [-0.2, 0) is 14.3 Å². The van der Waals surface area contributed by atoms with Crippen molar-refractivity contribution in [3.05, 3.63) is 11.8 Å². The van der Waals surface area contributed by atoms with Crippen molar-refractivity contribution < 1.29 is 19.4 Å². The summed E-state index contributed by atoms with van der Waals surface area (Å²) < 4.78 is 11.4. The van der Waals surface area contributed by atoms with E-state index in [1.54, 1.807) is 7.05 Å². The maximum Gasteiger partial charge on any atom is 0.285 e. The third kappa shape index (κ3) is 4.21. The summed E-state index contributed by atoms with van der Waals surface area (Å²) in [6.07, 6.45) is 3.02. The summed E-state index contributed by atoms with van der Waals surface area (Å²) in [6.45, 7) is 6.86. The fourth-order valence-corrected chi connectivity index (χ4v) is 2.65. The number of likely N-dealkylation sites (N-methyl/N-ethyl adjacent to an activating group) is 1. The molecule has 0 aromatic carbocycles. The quantitative estimate of drug-likeness (QED) is 0.746. The van der Waals surface area contributed by atoms with Gasteiger partial charge in [-0.05, 0) is 37.7 Å². The van der Waals surface area contributed by atoms with Gasteiger partial charge in [-0.1, -0.05) is 13.8 Å². The van der Waals surface area contributed by atoms with Crippen LogP contribution in [0.3, 0.4) is 0 Å². The van der Waals surface area contributed by atoms with E-state index in [-0.39, 0.29) is 24.3 Å². The Morgan fingerprint density at radius 1 is 1.55 bits per heavy atom. The second kappa shape index (κ2) is 8.27. The van der Waals surface area contributed by atoms with Crippen molar-refractivity contribution >= 4 is 5.91 Å². The van der Waals surface area contributed by atoms with Crippen molar-refractivity contribution in [3.8, 4) is 0 Å². The van der Waals surface area contributed by atoms with Gasteiger partial charge in [0.2, 0.25) is 6.29 Å². The maximum atomic E-state index is 11.8. The van der Waals surface area contributed by atoms with E-state index in [2.05, 4.69) is 19.2 Å². The summed E-state index contributed by atoms with van der Waals surface area (Å²) in [6, 6.07) is 0. The molecule has 2 N–H and O–H groups in total. The van der Waals surface area contributed by atoms with E-state index in [1.807, 2.05) is 13.0 Å². The number of aliphatic hydroxyl groups excluding tert-OH is 1. The van der Waals surface area contributed by atoms with Gasteiger partial charge >= 0.3 is 0 Å². The number of ether oxygens (including phenoxy) is 2. The van der Waals surface area contributed by atoms with Crippen LogP contribution in [0.2, 0.25) is 0 Å². The van der Waals surface area contributed by atoms with E-state index in [0.717, 1.165) is 6.42 Å². The lowest BCUT2D eigenvalue weighted by Gasteiger charge is -2.38. The van der Waals surface area contributed by atoms with Crippen LogP contribution in [0.1, 0.15) is 33.6 Å². The molecule has 0 unspecified atom stereocenters. The summed E-state index contributed by atoms with van der Waals surface area (Å²) in [5.41, 5.74) is 0. The van der Waals surface area contributed by atoms with E-state index < -0.39 is 6.29 Å². The van der Waals surface area contributed by atoms with Gasteiger partial charge in [0, 0.05) is 26.2 Å². The first-order valence-corrected chi connectivity index (χ1v) is 7.38. The number of carbonyl (C=O) groups is 1. The van der Waals surface area contributed by atoms with Crippen LogP contribution in [-0.4, -0.2) is 37.6 Å². The highest BCUT2D eigenvalue weighted by Crippen LogP contribution is 2.36. The summed E-state index contributed by atoms with van der Waals surface area (Å²) >= 11 is 0. The Bertz CT molecular complexity index is 341. The minimum atomic E-state index is -0.420. The molecule has 1 aliphatic rings. The van der Waals surface area contributed by atoms with Crippen LogP contribution < -0.4 is 5.32 Å². The zero-order chi connectivity index (χ0) is 15.1. The summed E-state index contributed by atoms with van der Waals surface area (Å²) in [4.78, 5) is 11.8. The maximum absolute atomic E-state index is 11.8. The van der Waals surface area contributed by atoms with Crippen LogP contribution >= 0.6 is 0 Å². The lowest BCUT2D eigenvalue weighted by Crippen LogP contribution is -2.40. The third-order valence-electron chi connectivity index (χ3n) is 3.68. The Hall–Kier alpha value is -1.07. The molecule has 3 atom stereocenters. The molecule has 0 bridgehead atoms. The highest BCUT2D eigenvalue weighted by Gasteiger charge is 2.37. The fraction of sp³-hybridized carbons (Fsp3) is 0.800. The lowest BCUT2D eigenvalue weighted by atomic mass is 9.78. The summed E-state index contributed by atoms with van der Waals surface area (Å²) in [7, 11) is 1.59. The smallest absolute Gasteiger partial charge is 0.285 e. The van der Waals surface area contributed by atoms with Crippen LogP contribution in [0.5, 0.6) is 0 Å². The number of nitrogens with one attached hydrogen (secondary N) is 1. The molecule has 0 saturated carbocycles. The first-order chi connectivity index (χ1) is 9.54. The Kier molecular flexibility index (Phi) is 7.02. The van der Waals surface area contributed by atoms with E-state index in [0.29, 0.717) is 24.7 Å². The van der Waals surface area contributed by atoms with Gasteiger partial charge in [0.1, 0.15) is 0 Å². The largest absolute Gasteiger partial charge is 0.459 e. The number of hydrogen-bond acceptors (Lipinski definition) is 4. The Labute approximate surface area is 121 Å². The molecule has 0 aromatic rings. The van der Waals surface area contributed by atoms with Crippen molar-refractivity contribution in [3.63, 3.8) is 0 Å². The van der Waals surface area contributed by atoms with Gasteiger partial charge in [-0.2, -0.15) is 0 Å². The van der Waals surface area contributed by atoms with Crippen molar-refractivity contribution in [2.24, 2.45) is 17.8 Å². The highest BCUT2D eigenvalue weighted by molar-refractivity contribution is 5.91. The highest BCUT2D eigenvalue weighted by atomic mass is 16.7. The van der Waals surface area contributed by atoms with Crippen molar-refractivity contribution in [2.45, 2.75) is 39.9 Å². The first-order valence-electron chi connectivity index (χ1n) is 7.38. The van der Waals surface area contributed by atoms with Gasteiger partial charge in [0.25, 0.3) is 5.91 Å². The standard InChI is InChI=1S/C15H27NO4/c1-5-19-15-11(7-6-8-17)12(10(2)3)9-13(20-15)14(18)16-4/h9-12,15,17H,5-8H2,1-4H3,(H,16,18)/t11-,12-,15-/m0/s1. The average molecular weight is 285 g/mol. The third-order valence-corrected chi connectivity index (χ3v) is 3.68. The average Bonchev–Trinajstić information content (AvgIpc) is 2.44. The predicted molar refractivity (Wildman–Crippen MR) is 76.8 cm³/mol. The zero-order valence-corrected chi connectivity index (χ0v) is 12.9. The minimum Gasteiger partial charge on any atom is -0.459 e. The van der Waals surface area contributed by atoms with Gasteiger partial charge in [0.05, 0.1) is 0 Å². The van der Waals surface area contributed by atoms with E-state index >= 15 is 0 Å². The topological polar surface area (TPSA) is 67.8 Å². The molecule has 0 aromatic heterocycles. The second-order valence-corrected chi connectivity index (χ2v) is 5.40. The number of carbonyl (C=O) groups excluding carboxylic acids is 1. The Balaban J connectivity index is 2.98. The van der Waals surface area contributed by atoms with Crippen LogP contribution in [0.15, 0.2) is 11.8 Å². The molecule has 1 heterocycles. The molecule has 0 saturated heterocycles. The molecule has 116 valence electrons. The summed E-state index contributed by atoms with van der Waals surface area (Å²) in [5.74, 6) is 0.866. The lowest BCUT2D eigenvalue weighted by molar-refractivity contribution is -0.175. The first kappa shape index (κ1) is 17.0. The number of allylic oxidation sites excluding steroid dienone is 1. The van der Waals surface area contributed by atoms with Crippen molar-refractivity contribution in [1.82, 2.24) is 5.32 Å². The van der Waals surface area contributed by atoms with Gasteiger partial charge in [-0.3, -0.25) is 4.79 Å². The molecule has 0 aliphatic carbocycles. The molecule has 0 fully saturated rings. The number of aliphatic hydroxyl groups is 1. The van der Waals surface area contributed by atoms with Gasteiger partial charge < -0.3 is 19.9 Å². The molecule has 5 heteroatoms. The minimum absolute atomic E-state index is 0.159. The number of hydrogen-bond donors (Lipinski definition) is 2. The zero-order valence-electron chi connectivity index (χ0n) is 12.9. The van der Waals surface area contributed by atoms with Crippen LogP contribution in [0, 0.1) is 17.8 Å². The van der Waals surface area contributed by atoms with E-state index in [1.165, 1.54) is 0 Å². The molecule has 0 radical (unpaired) electrons. The Morgan fingerprint density at radius 2 is 2.25 bits per heavy atom. The number of rotatable bonds is 7. The molecular weight excluding hydrogens is 258 g/mol. The fourth-order valence-electron chi connectivity index (χ4n) is 2.65. The molecule has 1 aliphatic heterocycles. The molecule has 1 rings (SSSR count). The van der Waals surface area contributed by atoms with Crippen molar-refractivity contribution in [1.29, 1.82) is 0 Å². The summed E-state index contributed by atoms with van der Waals surface area (Å²) in [5, 5.41) is 11.6. The number of amides is 1. The SMILES string of the molecule is CCO[C@H]1OC(C(=O)NC)=C[C@@H](C(C)C)[C@@H]1CCCO. The van der Waals surface area contributed by atoms with Gasteiger partial charge in [-0.25, -0.2) is 0 Å². The molecule has 5 nitrogen and oxygen atoms in total. The van der Waals surface area contributed by atoms with E-state index in [4.69, 9.17) is 14.6 Å². The van der Waals surface area contributed by atoms with Gasteiger partial charge in [0.15, 0.2) is 5.76 Å². The second-order valence-electron chi connectivity index (χ2n) is 5.40. The van der Waals surface area contributed by atoms with Gasteiger partial charge in [-0.15, -0.1) is 0 Å². The molecule has 20 heavy (non-hydrogen) atoms. The van der Waals surface area contributed by atoms with E-state index in [9.17, 15) is 4.79 Å². The normalized spacial score (nSPS) is 26.1. The van der Waals surface area contributed by atoms with Crippen molar-refractivity contribution in [2.75, 3.05) is 20.3 Å². The molecule has 0 spiro atoms. The van der Waals surface area contributed by atoms with Crippen LogP contribution in [0.4, 0.5) is 0 Å².